The molecule has 0 N–H and O–H groups in total. The summed E-state index contributed by atoms with van der Waals surface area (Å²) in [5.74, 6) is -0.588. The molecule has 0 aliphatic carbocycles. The van der Waals surface area contributed by atoms with Crippen molar-refractivity contribution in [2.24, 2.45) is 0 Å². The van der Waals surface area contributed by atoms with Gasteiger partial charge >= 0.3 is 6.09 Å². The van der Waals surface area contributed by atoms with Gasteiger partial charge in [0.1, 0.15) is 0 Å². The van der Waals surface area contributed by atoms with E-state index in [1.54, 1.807) is 14.2 Å². The highest BCUT2D eigenvalue weighted by molar-refractivity contribution is 5.68. The van der Waals surface area contributed by atoms with Gasteiger partial charge in [-0.2, -0.15) is 0 Å². The first-order chi connectivity index (χ1) is 11.5. The van der Waals surface area contributed by atoms with Gasteiger partial charge in [-0.3, -0.25) is 0 Å². The molecule has 1 aliphatic rings. The predicted molar refractivity (Wildman–Crippen MR) is 96.1 cm³/mol. The fourth-order valence-corrected chi connectivity index (χ4v) is 3.79. The Morgan fingerprint density at radius 1 is 1.04 bits per heavy atom. The highest BCUT2D eigenvalue weighted by atomic mass is 16.7. The third-order valence-electron chi connectivity index (χ3n) is 5.13. The van der Waals surface area contributed by atoms with Crippen LogP contribution in [0.15, 0.2) is 0 Å². The molecule has 5 nitrogen and oxygen atoms in total. The molecule has 2 atom stereocenters. The third-order valence-corrected chi connectivity index (χ3v) is 5.13. The van der Waals surface area contributed by atoms with E-state index in [2.05, 4.69) is 13.8 Å². The summed E-state index contributed by atoms with van der Waals surface area (Å²) < 4.78 is 16.6. The molecule has 1 aliphatic heterocycles. The lowest BCUT2D eigenvalue weighted by Crippen LogP contribution is -2.58. The molecule has 0 saturated carbocycles. The molecule has 1 heterocycles. The summed E-state index contributed by atoms with van der Waals surface area (Å²) in [6.45, 7) is 6.54. The van der Waals surface area contributed by atoms with Crippen molar-refractivity contribution in [2.75, 3.05) is 20.8 Å². The van der Waals surface area contributed by atoms with Gasteiger partial charge in [0.2, 0.25) is 0 Å². The standard InChI is InChI=1S/C19H37NO4/c1-6-8-9-10-11-12-13-17-15-19(22-4,23-5)14-16(3)20(17)18(21)24-7-2/h16-17H,6-15H2,1-5H3. The Morgan fingerprint density at radius 3 is 2.25 bits per heavy atom. The van der Waals surface area contributed by atoms with E-state index in [1.165, 1.54) is 32.1 Å². The van der Waals surface area contributed by atoms with Gasteiger partial charge in [0, 0.05) is 39.1 Å². The fraction of sp³-hybridized carbons (Fsp3) is 0.947. The van der Waals surface area contributed by atoms with E-state index < -0.39 is 5.79 Å². The molecule has 0 aromatic heterocycles. The number of hydrogen-bond donors (Lipinski definition) is 0. The average Bonchev–Trinajstić information content (AvgIpc) is 2.57. The molecule has 5 heteroatoms. The van der Waals surface area contributed by atoms with Gasteiger partial charge in [0.15, 0.2) is 5.79 Å². The van der Waals surface area contributed by atoms with Gasteiger partial charge in [-0.15, -0.1) is 0 Å². The zero-order chi connectivity index (χ0) is 18.0. The van der Waals surface area contributed by atoms with Crippen molar-refractivity contribution in [1.82, 2.24) is 4.90 Å². The number of carbonyl (C=O) groups excluding carboxylic acids is 1. The molecule has 24 heavy (non-hydrogen) atoms. The summed E-state index contributed by atoms with van der Waals surface area (Å²) in [4.78, 5) is 14.3. The maximum absolute atomic E-state index is 12.4. The minimum Gasteiger partial charge on any atom is -0.450 e. The molecule has 1 fully saturated rings. The van der Waals surface area contributed by atoms with Crippen LogP contribution in [0.4, 0.5) is 4.79 Å². The van der Waals surface area contributed by atoms with Crippen LogP contribution in [0.5, 0.6) is 0 Å². The van der Waals surface area contributed by atoms with Crippen LogP contribution >= 0.6 is 0 Å². The third kappa shape index (κ3) is 5.92. The largest absolute Gasteiger partial charge is 0.450 e. The highest BCUT2D eigenvalue weighted by Gasteiger charge is 2.45. The van der Waals surface area contributed by atoms with Crippen LogP contribution in [0.3, 0.4) is 0 Å². The Bertz CT molecular complexity index is 357. The molecule has 2 unspecified atom stereocenters. The van der Waals surface area contributed by atoms with Crippen LogP contribution in [-0.2, 0) is 14.2 Å². The van der Waals surface area contributed by atoms with E-state index >= 15 is 0 Å². The smallest absolute Gasteiger partial charge is 0.410 e. The molecular weight excluding hydrogens is 306 g/mol. The first-order valence-corrected chi connectivity index (χ1v) is 9.59. The number of carbonyl (C=O) groups is 1. The number of hydrogen-bond acceptors (Lipinski definition) is 4. The van der Waals surface area contributed by atoms with Gasteiger partial charge < -0.3 is 19.1 Å². The predicted octanol–water partition coefficient (Wildman–Crippen LogP) is 4.74. The van der Waals surface area contributed by atoms with Crippen molar-refractivity contribution in [3.8, 4) is 0 Å². The Kier molecular flexibility index (Phi) is 9.67. The maximum Gasteiger partial charge on any atom is 0.410 e. The summed E-state index contributed by atoms with van der Waals surface area (Å²) in [5.41, 5.74) is 0. The van der Waals surface area contributed by atoms with Crippen molar-refractivity contribution in [2.45, 2.75) is 96.4 Å². The number of rotatable bonds is 10. The zero-order valence-electron chi connectivity index (χ0n) is 16.3. The lowest BCUT2D eigenvalue weighted by molar-refractivity contribution is -0.244. The topological polar surface area (TPSA) is 48.0 Å². The SMILES string of the molecule is CCCCCCCCC1CC(OC)(OC)CC(C)N1C(=O)OCC. The molecule has 0 bridgehead atoms. The number of amides is 1. The minimum absolute atomic E-state index is 0.0443. The van der Waals surface area contributed by atoms with Crippen LogP contribution in [0.1, 0.15) is 78.6 Å². The van der Waals surface area contributed by atoms with Crippen molar-refractivity contribution >= 4 is 6.09 Å². The summed E-state index contributed by atoms with van der Waals surface area (Å²) >= 11 is 0. The first-order valence-electron chi connectivity index (χ1n) is 9.59. The molecule has 0 spiro atoms. The van der Waals surface area contributed by atoms with E-state index in [4.69, 9.17) is 14.2 Å². The zero-order valence-corrected chi connectivity index (χ0v) is 16.3. The molecule has 0 aromatic carbocycles. The van der Waals surface area contributed by atoms with Gasteiger partial charge in [0.25, 0.3) is 0 Å². The second-order valence-corrected chi connectivity index (χ2v) is 6.89. The van der Waals surface area contributed by atoms with E-state index in [9.17, 15) is 4.79 Å². The highest BCUT2D eigenvalue weighted by Crippen LogP contribution is 2.36. The van der Waals surface area contributed by atoms with Crippen molar-refractivity contribution in [1.29, 1.82) is 0 Å². The lowest BCUT2D eigenvalue weighted by Gasteiger charge is -2.48. The van der Waals surface area contributed by atoms with Gasteiger partial charge in [0.05, 0.1) is 6.61 Å². The number of nitrogens with zero attached hydrogens (tertiary/aromatic N) is 1. The van der Waals surface area contributed by atoms with Crippen molar-refractivity contribution < 1.29 is 19.0 Å². The normalized spacial score (nSPS) is 23.3. The van der Waals surface area contributed by atoms with Gasteiger partial charge in [-0.05, 0) is 20.3 Å². The molecule has 1 amide bonds. The lowest BCUT2D eigenvalue weighted by atomic mass is 9.88. The van der Waals surface area contributed by atoms with E-state index in [0.717, 1.165) is 12.8 Å². The number of likely N-dealkylation sites (tertiary alicyclic amines) is 1. The molecule has 1 saturated heterocycles. The summed E-state index contributed by atoms with van der Waals surface area (Å²) in [6, 6.07) is 0.154. The molecule has 1 rings (SSSR count). The van der Waals surface area contributed by atoms with Crippen molar-refractivity contribution in [3.05, 3.63) is 0 Å². The van der Waals surface area contributed by atoms with Crippen LogP contribution in [-0.4, -0.2) is 49.7 Å². The second-order valence-electron chi connectivity index (χ2n) is 6.89. The van der Waals surface area contributed by atoms with E-state index in [1.807, 2.05) is 11.8 Å². The Labute approximate surface area is 148 Å². The minimum atomic E-state index is -0.588. The molecule has 0 aromatic rings. The van der Waals surface area contributed by atoms with Crippen LogP contribution in [0, 0.1) is 0 Å². The maximum atomic E-state index is 12.4. The van der Waals surface area contributed by atoms with E-state index in [-0.39, 0.29) is 18.2 Å². The van der Waals surface area contributed by atoms with Crippen LogP contribution in [0.2, 0.25) is 0 Å². The van der Waals surface area contributed by atoms with Crippen LogP contribution in [0.25, 0.3) is 0 Å². The second kappa shape index (κ2) is 10.9. The molecule has 0 radical (unpaired) electrons. The number of piperidine rings is 1. The summed E-state index contributed by atoms with van der Waals surface area (Å²) in [5, 5.41) is 0. The fourth-order valence-electron chi connectivity index (χ4n) is 3.79. The van der Waals surface area contributed by atoms with E-state index in [0.29, 0.717) is 19.4 Å². The Morgan fingerprint density at radius 2 is 1.67 bits per heavy atom. The monoisotopic (exact) mass is 343 g/mol. The van der Waals surface area contributed by atoms with Crippen molar-refractivity contribution in [3.63, 3.8) is 0 Å². The average molecular weight is 344 g/mol. The number of ether oxygens (including phenoxy) is 3. The first kappa shape index (κ1) is 21.2. The molecular formula is C19H37NO4. The molecule has 142 valence electrons. The van der Waals surface area contributed by atoms with Crippen LogP contribution < -0.4 is 0 Å². The number of unbranched alkanes of at least 4 members (excludes halogenated alkanes) is 5. The number of methoxy groups -OCH3 is 2. The van der Waals surface area contributed by atoms with Gasteiger partial charge in [-0.1, -0.05) is 45.4 Å². The summed E-state index contributed by atoms with van der Waals surface area (Å²) in [7, 11) is 3.39. The van der Waals surface area contributed by atoms with Gasteiger partial charge in [-0.25, -0.2) is 4.79 Å². The summed E-state index contributed by atoms with van der Waals surface area (Å²) in [6.07, 6.45) is 9.64. The quantitative estimate of drug-likeness (QED) is 0.425. The Balaban J connectivity index is 2.68. The Hall–Kier alpha value is -0.810.